The molecule has 4 nitrogen and oxygen atoms in total. The Kier molecular flexibility index (Phi) is 5.23. The number of benzene rings is 1. The lowest BCUT2D eigenvalue weighted by Crippen LogP contribution is -2.29. The molecular weight excluding hydrogens is 340 g/mol. The largest absolute Gasteiger partial charge is 0.313 e. The van der Waals surface area contributed by atoms with Crippen LogP contribution in [0.2, 0.25) is 0 Å². The molecule has 112 valence electrons. The highest BCUT2D eigenvalue weighted by molar-refractivity contribution is 9.10. The van der Waals surface area contributed by atoms with E-state index < -0.39 is 10.0 Å². The first-order valence-electron chi connectivity index (χ1n) is 6.90. The molecule has 1 saturated carbocycles. The van der Waals surface area contributed by atoms with Crippen LogP contribution in [0.3, 0.4) is 0 Å². The smallest absolute Gasteiger partial charge is 0.243 e. The molecule has 0 spiro atoms. The fraction of sp³-hybridized carbons (Fsp3) is 0.571. The van der Waals surface area contributed by atoms with Crippen LogP contribution in [0.4, 0.5) is 0 Å². The zero-order chi connectivity index (χ0) is 14.8. The molecule has 0 saturated heterocycles. The van der Waals surface area contributed by atoms with Crippen molar-refractivity contribution in [2.45, 2.75) is 31.2 Å². The Labute approximate surface area is 129 Å². The third-order valence-electron chi connectivity index (χ3n) is 3.48. The van der Waals surface area contributed by atoms with E-state index in [0.29, 0.717) is 21.8 Å². The van der Waals surface area contributed by atoms with E-state index in [0.717, 1.165) is 31.5 Å². The highest BCUT2D eigenvalue weighted by Gasteiger charge is 2.30. The van der Waals surface area contributed by atoms with Crippen molar-refractivity contribution in [1.29, 1.82) is 0 Å². The van der Waals surface area contributed by atoms with Crippen molar-refractivity contribution < 1.29 is 8.42 Å². The standard InChI is InChI=1S/C14H21BrN2O2S/c1-3-16-9-12-6-7-14(13(15)8-12)20(18,19)17(2)10-11-4-5-11/h6-8,11,16H,3-5,9-10H2,1-2H3. The molecule has 1 N–H and O–H groups in total. The van der Waals surface area contributed by atoms with Crippen molar-refractivity contribution in [2.75, 3.05) is 20.1 Å². The number of sulfonamides is 1. The molecule has 1 aliphatic carbocycles. The van der Waals surface area contributed by atoms with Gasteiger partial charge in [-0.2, -0.15) is 0 Å². The van der Waals surface area contributed by atoms with Crippen molar-refractivity contribution >= 4 is 26.0 Å². The second-order valence-electron chi connectivity index (χ2n) is 5.27. The molecule has 1 aromatic carbocycles. The summed E-state index contributed by atoms with van der Waals surface area (Å²) < 4.78 is 27.1. The highest BCUT2D eigenvalue weighted by atomic mass is 79.9. The molecule has 0 aromatic heterocycles. The van der Waals surface area contributed by atoms with Crippen LogP contribution in [0.1, 0.15) is 25.3 Å². The minimum atomic E-state index is -3.40. The number of hydrogen-bond acceptors (Lipinski definition) is 3. The second kappa shape index (κ2) is 6.56. The van der Waals surface area contributed by atoms with Gasteiger partial charge in [-0.1, -0.05) is 13.0 Å². The van der Waals surface area contributed by atoms with Gasteiger partial charge in [0.25, 0.3) is 0 Å². The van der Waals surface area contributed by atoms with E-state index in [9.17, 15) is 8.42 Å². The predicted molar refractivity (Wildman–Crippen MR) is 84.1 cm³/mol. The fourth-order valence-corrected chi connectivity index (χ4v) is 4.39. The van der Waals surface area contributed by atoms with Gasteiger partial charge in [-0.25, -0.2) is 12.7 Å². The maximum Gasteiger partial charge on any atom is 0.243 e. The van der Waals surface area contributed by atoms with Crippen LogP contribution < -0.4 is 5.32 Å². The van der Waals surface area contributed by atoms with E-state index in [-0.39, 0.29) is 0 Å². The molecular formula is C14H21BrN2O2S. The normalized spacial score (nSPS) is 15.8. The molecule has 1 aromatic rings. The Morgan fingerprint density at radius 1 is 1.40 bits per heavy atom. The Bertz CT molecular complexity index is 571. The third-order valence-corrected chi connectivity index (χ3v) is 6.28. The van der Waals surface area contributed by atoms with Crippen molar-refractivity contribution in [1.82, 2.24) is 9.62 Å². The molecule has 0 radical (unpaired) electrons. The summed E-state index contributed by atoms with van der Waals surface area (Å²) in [4.78, 5) is 0.348. The maximum atomic E-state index is 12.5. The topological polar surface area (TPSA) is 49.4 Å². The Hall–Kier alpha value is -0.430. The van der Waals surface area contributed by atoms with Gasteiger partial charge in [0.05, 0.1) is 4.90 Å². The van der Waals surface area contributed by atoms with Gasteiger partial charge in [0, 0.05) is 24.6 Å². The number of rotatable bonds is 7. The Morgan fingerprint density at radius 3 is 2.65 bits per heavy atom. The lowest BCUT2D eigenvalue weighted by Gasteiger charge is -2.18. The van der Waals surface area contributed by atoms with Crippen molar-refractivity contribution in [2.24, 2.45) is 5.92 Å². The minimum absolute atomic E-state index is 0.348. The molecule has 6 heteroatoms. The average molecular weight is 361 g/mol. The number of hydrogen-bond donors (Lipinski definition) is 1. The van der Waals surface area contributed by atoms with Crippen molar-refractivity contribution in [3.63, 3.8) is 0 Å². The summed E-state index contributed by atoms with van der Waals surface area (Å²) in [5, 5.41) is 3.23. The average Bonchev–Trinajstić information content (AvgIpc) is 3.20. The summed E-state index contributed by atoms with van der Waals surface area (Å²) in [6.07, 6.45) is 2.28. The number of nitrogens with zero attached hydrogens (tertiary/aromatic N) is 1. The molecule has 0 bridgehead atoms. The van der Waals surface area contributed by atoms with Gasteiger partial charge < -0.3 is 5.32 Å². The van der Waals surface area contributed by atoms with E-state index in [2.05, 4.69) is 21.2 Å². The minimum Gasteiger partial charge on any atom is -0.313 e. The molecule has 2 rings (SSSR count). The van der Waals surface area contributed by atoms with Crippen LogP contribution in [0.5, 0.6) is 0 Å². The van der Waals surface area contributed by atoms with E-state index in [1.54, 1.807) is 13.1 Å². The van der Waals surface area contributed by atoms with Gasteiger partial charge in [0.2, 0.25) is 10.0 Å². The summed E-state index contributed by atoms with van der Waals surface area (Å²) in [5.41, 5.74) is 1.07. The number of halogens is 1. The van der Waals surface area contributed by atoms with Crippen molar-refractivity contribution in [3.05, 3.63) is 28.2 Å². The molecule has 1 fully saturated rings. The third kappa shape index (κ3) is 3.81. The summed E-state index contributed by atoms with van der Waals surface area (Å²) in [7, 11) is -1.74. The summed E-state index contributed by atoms with van der Waals surface area (Å²) >= 11 is 3.39. The van der Waals surface area contributed by atoms with Crippen LogP contribution in [0.25, 0.3) is 0 Å². The van der Waals surface area contributed by atoms with E-state index >= 15 is 0 Å². The maximum absolute atomic E-state index is 12.5. The first-order chi connectivity index (χ1) is 9.45. The zero-order valence-electron chi connectivity index (χ0n) is 11.9. The van der Waals surface area contributed by atoms with Gasteiger partial charge in [0.15, 0.2) is 0 Å². The quantitative estimate of drug-likeness (QED) is 0.812. The first-order valence-corrected chi connectivity index (χ1v) is 9.14. The van der Waals surface area contributed by atoms with Crippen molar-refractivity contribution in [3.8, 4) is 0 Å². The zero-order valence-corrected chi connectivity index (χ0v) is 14.3. The second-order valence-corrected chi connectivity index (χ2v) is 8.14. The summed E-state index contributed by atoms with van der Waals surface area (Å²) in [6, 6.07) is 5.43. The van der Waals surface area contributed by atoms with Gasteiger partial charge >= 0.3 is 0 Å². The molecule has 0 aliphatic heterocycles. The summed E-state index contributed by atoms with van der Waals surface area (Å²) in [6.45, 7) is 4.30. The lowest BCUT2D eigenvalue weighted by molar-refractivity contribution is 0.452. The molecule has 1 aliphatic rings. The Balaban J connectivity index is 2.17. The van der Waals surface area contributed by atoms with Gasteiger partial charge in [-0.3, -0.25) is 0 Å². The van der Waals surface area contributed by atoms with E-state index in [4.69, 9.17) is 0 Å². The lowest BCUT2D eigenvalue weighted by atomic mass is 10.2. The van der Waals surface area contributed by atoms with E-state index in [1.807, 2.05) is 19.1 Å². The molecule has 0 unspecified atom stereocenters. The van der Waals surface area contributed by atoms with Crippen LogP contribution in [-0.2, 0) is 16.6 Å². The van der Waals surface area contributed by atoms with Gasteiger partial charge in [-0.15, -0.1) is 0 Å². The van der Waals surface area contributed by atoms with Crippen LogP contribution in [0, 0.1) is 5.92 Å². The fourth-order valence-electron chi connectivity index (χ4n) is 2.06. The van der Waals surface area contributed by atoms with Crippen LogP contribution in [-0.4, -0.2) is 32.9 Å². The molecule has 0 heterocycles. The van der Waals surface area contributed by atoms with Gasteiger partial charge in [-0.05, 0) is 58.9 Å². The number of nitrogens with one attached hydrogen (secondary N) is 1. The molecule has 0 amide bonds. The monoisotopic (exact) mass is 360 g/mol. The SMILES string of the molecule is CCNCc1ccc(S(=O)(=O)N(C)CC2CC2)c(Br)c1. The highest BCUT2D eigenvalue weighted by Crippen LogP contribution is 2.32. The Morgan fingerprint density at radius 2 is 2.10 bits per heavy atom. The van der Waals surface area contributed by atoms with Gasteiger partial charge in [0.1, 0.15) is 0 Å². The van der Waals surface area contributed by atoms with E-state index in [1.165, 1.54) is 4.31 Å². The summed E-state index contributed by atoms with van der Waals surface area (Å²) in [5.74, 6) is 0.543. The predicted octanol–water partition coefficient (Wildman–Crippen LogP) is 2.59. The first kappa shape index (κ1) is 15.9. The van der Waals surface area contributed by atoms with Crippen LogP contribution in [0.15, 0.2) is 27.6 Å². The molecule has 20 heavy (non-hydrogen) atoms. The molecule has 0 atom stereocenters. The van der Waals surface area contributed by atoms with Crippen LogP contribution >= 0.6 is 15.9 Å².